The van der Waals surface area contributed by atoms with Crippen LogP contribution in [0.25, 0.3) is 0 Å². The molecule has 3 saturated carbocycles. The van der Waals surface area contributed by atoms with Crippen LogP contribution in [0.2, 0.25) is 0 Å². The molecule has 0 amide bonds. The van der Waals surface area contributed by atoms with Crippen LogP contribution >= 0.6 is 15.9 Å². The van der Waals surface area contributed by atoms with Crippen molar-refractivity contribution in [2.75, 3.05) is 5.32 Å². The number of nitrogens with zero attached hydrogens (tertiary/aromatic N) is 7. The first-order valence-electron chi connectivity index (χ1n) is 11.0. The molecule has 10 heteroatoms. The molecule has 2 bridgehead atoms. The van der Waals surface area contributed by atoms with E-state index >= 15 is 0 Å². The minimum absolute atomic E-state index is 0.188. The highest BCUT2D eigenvalue weighted by Crippen LogP contribution is 2.61. The first-order chi connectivity index (χ1) is 15.3. The summed E-state index contributed by atoms with van der Waals surface area (Å²) in [6.45, 7) is 7.79. The molecule has 0 aromatic carbocycles. The molecule has 3 heterocycles. The van der Waals surface area contributed by atoms with Crippen LogP contribution < -0.4 is 10.9 Å². The van der Waals surface area contributed by atoms with Crippen LogP contribution in [0.5, 0.6) is 0 Å². The van der Waals surface area contributed by atoms with Crippen LogP contribution in [-0.2, 0) is 13.1 Å². The average Bonchev–Trinajstić information content (AvgIpc) is 3.21. The summed E-state index contributed by atoms with van der Waals surface area (Å²) in [5, 5.41) is 19.9. The number of aromatic nitrogens is 7. The fourth-order valence-corrected chi connectivity index (χ4v) is 5.89. The number of fused-ring (bicyclic) bond motifs is 2. The van der Waals surface area contributed by atoms with E-state index in [1.165, 1.54) is 11.1 Å². The number of nitrogens with one attached hydrogen (secondary N) is 1. The largest absolute Gasteiger partial charge is 0.380 e. The highest BCUT2D eigenvalue weighted by atomic mass is 79.9. The van der Waals surface area contributed by atoms with Crippen LogP contribution in [0.3, 0.4) is 0 Å². The van der Waals surface area contributed by atoms with E-state index in [1.807, 2.05) is 12.1 Å². The topological polar surface area (TPSA) is 103 Å². The van der Waals surface area contributed by atoms with E-state index in [4.69, 9.17) is 0 Å². The maximum atomic E-state index is 13.0. The number of tetrazole rings is 1. The van der Waals surface area contributed by atoms with Gasteiger partial charge in [0.1, 0.15) is 11.0 Å². The maximum Gasteiger partial charge on any atom is 0.283 e. The van der Waals surface area contributed by atoms with Gasteiger partial charge in [0, 0.05) is 18.4 Å². The lowest BCUT2D eigenvalue weighted by molar-refractivity contribution is -0.105. The van der Waals surface area contributed by atoms with Gasteiger partial charge >= 0.3 is 0 Å². The van der Waals surface area contributed by atoms with Crippen LogP contribution in [0.4, 0.5) is 5.69 Å². The molecule has 3 aromatic heterocycles. The van der Waals surface area contributed by atoms with E-state index in [9.17, 15) is 4.79 Å². The normalized spacial score (nSPS) is 25.9. The van der Waals surface area contributed by atoms with Crippen molar-refractivity contribution in [3.05, 3.63) is 56.9 Å². The Morgan fingerprint density at radius 2 is 1.97 bits per heavy atom. The monoisotopic (exact) mass is 498 g/mol. The van der Waals surface area contributed by atoms with Gasteiger partial charge in [-0.1, -0.05) is 20.8 Å². The summed E-state index contributed by atoms with van der Waals surface area (Å²) in [7, 11) is 0. The molecular weight excluding hydrogens is 472 g/mol. The van der Waals surface area contributed by atoms with Gasteiger partial charge in [-0.3, -0.25) is 9.78 Å². The maximum absolute atomic E-state index is 13.0. The Bertz CT molecular complexity index is 1170. The Balaban J connectivity index is 1.31. The Labute approximate surface area is 194 Å². The SMILES string of the molecule is C[C@H]1[C@H](Nc2cnn(Cc3nnnn3Cc3ccncc3)c(=O)c2Br)C[C@H]2C[C@@H]1C2(C)C. The number of hydrogen-bond acceptors (Lipinski definition) is 7. The van der Waals surface area contributed by atoms with Gasteiger partial charge < -0.3 is 5.32 Å². The van der Waals surface area contributed by atoms with Crippen LogP contribution in [0.15, 0.2) is 40.0 Å². The molecule has 3 aliphatic carbocycles. The third-order valence-corrected chi connectivity index (χ3v) is 8.43. The lowest BCUT2D eigenvalue weighted by atomic mass is 9.45. The summed E-state index contributed by atoms with van der Waals surface area (Å²) in [6.07, 6.45) is 7.63. The fraction of sp³-hybridized carbons (Fsp3) is 0.545. The minimum atomic E-state index is -0.206. The van der Waals surface area contributed by atoms with Gasteiger partial charge in [-0.2, -0.15) is 5.10 Å². The predicted octanol–water partition coefficient (Wildman–Crippen LogP) is 2.97. The zero-order chi connectivity index (χ0) is 22.5. The zero-order valence-corrected chi connectivity index (χ0v) is 20.0. The second kappa shape index (κ2) is 8.06. The molecule has 168 valence electrons. The Morgan fingerprint density at radius 3 is 2.69 bits per heavy atom. The molecule has 9 nitrogen and oxygen atoms in total. The van der Waals surface area contributed by atoms with Crippen molar-refractivity contribution >= 4 is 21.6 Å². The molecule has 4 atom stereocenters. The van der Waals surface area contributed by atoms with Crippen molar-refractivity contribution in [3.8, 4) is 0 Å². The van der Waals surface area contributed by atoms with Gasteiger partial charge in [0.05, 0.1) is 18.4 Å². The third-order valence-electron chi connectivity index (χ3n) is 7.66. The van der Waals surface area contributed by atoms with Crippen LogP contribution in [-0.4, -0.2) is 41.0 Å². The average molecular weight is 499 g/mol. The minimum Gasteiger partial charge on any atom is -0.380 e. The lowest BCUT2D eigenvalue weighted by Gasteiger charge is -2.62. The lowest BCUT2D eigenvalue weighted by Crippen LogP contribution is -2.58. The number of rotatable bonds is 6. The molecule has 0 aliphatic heterocycles. The molecule has 0 unspecified atom stereocenters. The number of hydrogen-bond donors (Lipinski definition) is 1. The molecule has 0 radical (unpaired) electrons. The second-order valence-corrected chi connectivity index (χ2v) is 10.4. The number of halogens is 1. The quantitative estimate of drug-likeness (QED) is 0.556. The molecule has 3 aliphatic rings. The third kappa shape index (κ3) is 3.64. The summed E-state index contributed by atoms with van der Waals surface area (Å²) < 4.78 is 3.54. The van der Waals surface area contributed by atoms with E-state index in [1.54, 1.807) is 23.3 Å². The van der Waals surface area contributed by atoms with Crippen molar-refractivity contribution in [2.45, 2.75) is 52.7 Å². The first-order valence-corrected chi connectivity index (χ1v) is 11.8. The van der Waals surface area contributed by atoms with E-state index in [0.29, 0.717) is 34.2 Å². The molecule has 3 aromatic rings. The summed E-state index contributed by atoms with van der Waals surface area (Å²) in [5.74, 6) is 2.59. The summed E-state index contributed by atoms with van der Waals surface area (Å²) in [6, 6.07) is 4.17. The summed E-state index contributed by atoms with van der Waals surface area (Å²) >= 11 is 3.50. The van der Waals surface area contributed by atoms with E-state index < -0.39 is 0 Å². The second-order valence-electron chi connectivity index (χ2n) is 9.65. The highest BCUT2D eigenvalue weighted by Gasteiger charge is 2.56. The smallest absolute Gasteiger partial charge is 0.283 e. The first kappa shape index (κ1) is 21.2. The van der Waals surface area contributed by atoms with Crippen molar-refractivity contribution in [1.82, 2.24) is 35.0 Å². The fourth-order valence-electron chi connectivity index (χ4n) is 5.47. The van der Waals surface area contributed by atoms with Crippen molar-refractivity contribution in [1.29, 1.82) is 0 Å². The molecule has 6 rings (SSSR count). The molecule has 3 fully saturated rings. The van der Waals surface area contributed by atoms with Crippen LogP contribution in [0.1, 0.15) is 45.0 Å². The number of pyridine rings is 1. The molecular formula is C22H27BrN8O. The van der Waals surface area contributed by atoms with Crippen molar-refractivity contribution < 1.29 is 0 Å². The Kier molecular flexibility index (Phi) is 5.35. The van der Waals surface area contributed by atoms with Crippen molar-refractivity contribution in [2.24, 2.45) is 23.2 Å². The van der Waals surface area contributed by atoms with E-state index in [0.717, 1.165) is 29.5 Å². The summed E-state index contributed by atoms with van der Waals surface area (Å²) in [4.78, 5) is 17.0. The molecule has 0 spiro atoms. The van der Waals surface area contributed by atoms with Crippen LogP contribution in [0, 0.1) is 23.2 Å². The summed E-state index contributed by atoms with van der Waals surface area (Å²) in [5.41, 5.74) is 2.00. The number of anilines is 1. The zero-order valence-electron chi connectivity index (χ0n) is 18.4. The predicted molar refractivity (Wildman–Crippen MR) is 123 cm³/mol. The Hall–Kier alpha value is -2.62. The Morgan fingerprint density at radius 1 is 1.19 bits per heavy atom. The van der Waals surface area contributed by atoms with Gasteiger partial charge in [-0.15, -0.1) is 5.10 Å². The van der Waals surface area contributed by atoms with E-state index in [-0.39, 0.29) is 12.1 Å². The molecule has 32 heavy (non-hydrogen) atoms. The van der Waals surface area contributed by atoms with Gasteiger partial charge in [-0.05, 0) is 80.1 Å². The van der Waals surface area contributed by atoms with Gasteiger partial charge in [0.25, 0.3) is 5.56 Å². The standard InChI is InChI=1S/C22H27BrN8O/c1-13-16-8-15(22(16,2)3)9-17(13)26-18-10-25-31(21(32)20(18)23)12-19-27-28-29-30(19)11-14-4-6-24-7-5-14/h4-7,10,13,15-17,26H,8-9,11-12H2,1-3H3/t13-,15-,16+,17-/m1/s1. The van der Waals surface area contributed by atoms with E-state index in [2.05, 4.69) is 67.6 Å². The van der Waals surface area contributed by atoms with Gasteiger partial charge in [0.2, 0.25) is 0 Å². The highest BCUT2D eigenvalue weighted by molar-refractivity contribution is 9.10. The molecule has 1 N–H and O–H groups in total. The van der Waals surface area contributed by atoms with Gasteiger partial charge in [-0.25, -0.2) is 9.36 Å². The van der Waals surface area contributed by atoms with Gasteiger partial charge in [0.15, 0.2) is 5.82 Å². The molecule has 0 saturated heterocycles. The van der Waals surface area contributed by atoms with Crippen molar-refractivity contribution in [3.63, 3.8) is 0 Å².